The van der Waals surface area contributed by atoms with Crippen molar-refractivity contribution in [3.63, 3.8) is 0 Å². The molecule has 1 N–H and O–H groups in total. The maximum atomic E-state index is 12.3. The van der Waals surface area contributed by atoms with E-state index in [0.717, 1.165) is 11.1 Å². The lowest BCUT2D eigenvalue weighted by Gasteiger charge is -2.13. The van der Waals surface area contributed by atoms with Crippen molar-refractivity contribution in [1.82, 2.24) is 10.3 Å². The van der Waals surface area contributed by atoms with E-state index in [-0.39, 0.29) is 24.0 Å². The van der Waals surface area contributed by atoms with E-state index in [9.17, 15) is 9.00 Å². The lowest BCUT2D eigenvalue weighted by atomic mass is 10.1. The molecule has 2 aromatic rings. The summed E-state index contributed by atoms with van der Waals surface area (Å²) in [5, 5.41) is 2.63. The smallest absolute Gasteiger partial charge is 0.232 e. The van der Waals surface area contributed by atoms with Crippen LogP contribution in [0.3, 0.4) is 0 Å². The van der Waals surface area contributed by atoms with Crippen molar-refractivity contribution in [2.24, 2.45) is 0 Å². The zero-order valence-electron chi connectivity index (χ0n) is 15.4. The number of nitrogens with zero attached hydrogens (tertiary/aromatic N) is 1. The number of carbonyl (C=O) groups is 1. The molecule has 8 heteroatoms. The number of carbonyl (C=O) groups excluding carboxylic acids is 1. The lowest BCUT2D eigenvalue weighted by Crippen LogP contribution is -2.36. The lowest BCUT2D eigenvalue weighted by molar-refractivity contribution is -0.125. The molecule has 0 unspecified atom stereocenters. The van der Waals surface area contributed by atoms with Gasteiger partial charge in [-0.15, -0.1) is 0 Å². The van der Waals surface area contributed by atoms with Crippen molar-refractivity contribution in [2.45, 2.75) is 25.9 Å². The Morgan fingerprint density at radius 3 is 2.50 bits per heavy atom. The third-order valence-electron chi connectivity index (χ3n) is 3.77. The van der Waals surface area contributed by atoms with Gasteiger partial charge in [-0.3, -0.25) is 9.00 Å². The molecule has 26 heavy (non-hydrogen) atoms. The number of aryl methyl sites for hydroxylation is 2. The standard InChI is InChI=1S/C18H24N2O5S/c1-12-5-7-14(8-6-12)18-20-15(13(2)25-18)10-26(22)11-16(21)19-9-17(23-3)24-4/h5-8,17H,9-11H2,1-4H3,(H,19,21)/t26-/m0/s1. The summed E-state index contributed by atoms with van der Waals surface area (Å²) in [5.41, 5.74) is 2.60. The number of aromatic nitrogens is 1. The van der Waals surface area contributed by atoms with Gasteiger partial charge in [0, 0.05) is 30.6 Å². The Bertz CT molecular complexity index is 753. The monoisotopic (exact) mass is 380 g/mol. The zero-order chi connectivity index (χ0) is 19.1. The van der Waals surface area contributed by atoms with Gasteiger partial charge in [0.15, 0.2) is 6.29 Å². The van der Waals surface area contributed by atoms with Crippen molar-refractivity contribution < 1.29 is 22.9 Å². The van der Waals surface area contributed by atoms with Gasteiger partial charge < -0.3 is 19.2 Å². The molecule has 2 rings (SSSR count). The molecule has 1 atom stereocenters. The summed E-state index contributed by atoms with van der Waals surface area (Å²) in [6.07, 6.45) is -0.526. The summed E-state index contributed by atoms with van der Waals surface area (Å²) in [7, 11) is 1.57. The van der Waals surface area contributed by atoms with Gasteiger partial charge in [0.2, 0.25) is 11.8 Å². The Balaban J connectivity index is 1.93. The number of oxazole rings is 1. The third kappa shape index (κ3) is 5.76. The SMILES string of the molecule is COC(CNC(=O)C[S@@](=O)Cc1nc(-c2ccc(C)cc2)oc1C)OC. The van der Waals surface area contributed by atoms with Crippen molar-refractivity contribution in [1.29, 1.82) is 0 Å². The van der Waals surface area contributed by atoms with Crippen molar-refractivity contribution in [3.8, 4) is 11.5 Å². The minimum absolute atomic E-state index is 0.119. The first-order valence-electron chi connectivity index (χ1n) is 8.13. The summed E-state index contributed by atoms with van der Waals surface area (Å²) < 4.78 is 27.9. The molecule has 0 bridgehead atoms. The second-order valence-electron chi connectivity index (χ2n) is 5.82. The van der Waals surface area contributed by atoms with E-state index in [4.69, 9.17) is 13.9 Å². The Hall–Kier alpha value is -2.03. The summed E-state index contributed by atoms with van der Waals surface area (Å²) in [6, 6.07) is 7.81. The number of rotatable bonds is 9. The molecule has 0 aliphatic rings. The molecule has 0 saturated carbocycles. The Morgan fingerprint density at radius 1 is 1.23 bits per heavy atom. The third-order valence-corrected chi connectivity index (χ3v) is 4.95. The number of nitrogens with one attached hydrogen (secondary N) is 1. The highest BCUT2D eigenvalue weighted by Crippen LogP contribution is 2.22. The van der Waals surface area contributed by atoms with Crippen LogP contribution < -0.4 is 5.32 Å². The Kier molecular flexibility index (Phi) is 7.50. The van der Waals surface area contributed by atoms with E-state index in [2.05, 4.69) is 10.3 Å². The average molecular weight is 380 g/mol. The molecular weight excluding hydrogens is 356 g/mol. The minimum atomic E-state index is -1.39. The molecule has 0 fully saturated rings. The van der Waals surface area contributed by atoms with Crippen LogP contribution in [-0.2, 0) is 30.8 Å². The minimum Gasteiger partial charge on any atom is -0.441 e. The summed E-state index contributed by atoms with van der Waals surface area (Å²) in [4.78, 5) is 16.3. The number of amides is 1. The van der Waals surface area contributed by atoms with Gasteiger partial charge in [-0.25, -0.2) is 4.98 Å². The van der Waals surface area contributed by atoms with E-state index in [0.29, 0.717) is 17.3 Å². The molecular formula is C18H24N2O5S. The maximum Gasteiger partial charge on any atom is 0.232 e. The molecule has 1 aromatic heterocycles. The van der Waals surface area contributed by atoms with Gasteiger partial charge >= 0.3 is 0 Å². The van der Waals surface area contributed by atoms with Crippen LogP contribution in [0.2, 0.25) is 0 Å². The molecule has 0 spiro atoms. The zero-order valence-corrected chi connectivity index (χ0v) is 16.2. The second kappa shape index (κ2) is 9.61. The van der Waals surface area contributed by atoms with Crippen molar-refractivity contribution >= 4 is 16.7 Å². The highest BCUT2D eigenvalue weighted by atomic mass is 32.2. The van der Waals surface area contributed by atoms with Crippen LogP contribution in [-0.4, -0.2) is 47.9 Å². The molecule has 1 aromatic carbocycles. The normalized spacial score (nSPS) is 12.3. The van der Waals surface area contributed by atoms with Gasteiger partial charge in [0.1, 0.15) is 11.5 Å². The van der Waals surface area contributed by atoms with Crippen LogP contribution in [0.15, 0.2) is 28.7 Å². The molecule has 142 valence electrons. The van der Waals surface area contributed by atoms with E-state index < -0.39 is 17.1 Å². The highest BCUT2D eigenvalue weighted by Gasteiger charge is 2.16. The van der Waals surface area contributed by atoms with Gasteiger partial charge in [0.25, 0.3) is 0 Å². The number of hydrogen-bond donors (Lipinski definition) is 1. The van der Waals surface area contributed by atoms with Crippen LogP contribution >= 0.6 is 0 Å². The Labute approximate surface area is 155 Å². The molecule has 0 aliphatic carbocycles. The first-order valence-corrected chi connectivity index (χ1v) is 9.62. The fourth-order valence-electron chi connectivity index (χ4n) is 2.24. The van der Waals surface area contributed by atoms with Crippen LogP contribution in [0.25, 0.3) is 11.5 Å². The molecule has 1 heterocycles. The fraction of sp³-hybridized carbons (Fsp3) is 0.444. The van der Waals surface area contributed by atoms with Crippen LogP contribution in [0, 0.1) is 13.8 Å². The van der Waals surface area contributed by atoms with E-state index in [1.54, 1.807) is 6.92 Å². The van der Waals surface area contributed by atoms with Gasteiger partial charge in [-0.05, 0) is 26.0 Å². The van der Waals surface area contributed by atoms with E-state index >= 15 is 0 Å². The fourth-order valence-corrected chi connectivity index (χ4v) is 3.31. The van der Waals surface area contributed by atoms with Gasteiger partial charge in [-0.1, -0.05) is 17.7 Å². The largest absolute Gasteiger partial charge is 0.441 e. The second-order valence-corrected chi connectivity index (χ2v) is 7.28. The van der Waals surface area contributed by atoms with Crippen LogP contribution in [0.1, 0.15) is 17.0 Å². The predicted molar refractivity (Wildman–Crippen MR) is 98.9 cm³/mol. The topological polar surface area (TPSA) is 90.7 Å². The number of methoxy groups -OCH3 is 2. The predicted octanol–water partition coefficient (Wildman–Crippen LogP) is 1.94. The molecule has 0 radical (unpaired) electrons. The maximum absolute atomic E-state index is 12.3. The molecule has 7 nitrogen and oxygen atoms in total. The van der Waals surface area contributed by atoms with E-state index in [1.165, 1.54) is 14.2 Å². The summed E-state index contributed by atoms with van der Waals surface area (Å²) in [5.74, 6) is 0.802. The molecule has 0 saturated heterocycles. The quantitative estimate of drug-likeness (QED) is 0.669. The Morgan fingerprint density at radius 2 is 1.88 bits per heavy atom. The summed E-state index contributed by atoms with van der Waals surface area (Å²) in [6.45, 7) is 3.98. The number of hydrogen-bond acceptors (Lipinski definition) is 6. The van der Waals surface area contributed by atoms with E-state index in [1.807, 2.05) is 31.2 Å². The van der Waals surface area contributed by atoms with Crippen LogP contribution in [0.5, 0.6) is 0 Å². The number of benzene rings is 1. The molecule has 0 aliphatic heterocycles. The molecule has 1 amide bonds. The van der Waals surface area contributed by atoms with Crippen LogP contribution in [0.4, 0.5) is 0 Å². The van der Waals surface area contributed by atoms with Crippen molar-refractivity contribution in [3.05, 3.63) is 41.3 Å². The van der Waals surface area contributed by atoms with Crippen molar-refractivity contribution in [2.75, 3.05) is 26.5 Å². The first kappa shape index (κ1) is 20.3. The van der Waals surface area contributed by atoms with Gasteiger partial charge in [0.05, 0.1) is 18.0 Å². The average Bonchev–Trinajstić information content (AvgIpc) is 2.97. The summed E-state index contributed by atoms with van der Waals surface area (Å²) >= 11 is 0. The van der Waals surface area contributed by atoms with Gasteiger partial charge in [-0.2, -0.15) is 0 Å². The highest BCUT2D eigenvalue weighted by molar-refractivity contribution is 7.84. The first-order chi connectivity index (χ1) is 12.4. The number of ether oxygens (including phenoxy) is 2.